The van der Waals surface area contributed by atoms with Gasteiger partial charge in [0.1, 0.15) is 12.2 Å². The Morgan fingerprint density at radius 1 is 1.08 bits per heavy atom. The average Bonchev–Trinajstić information content (AvgIpc) is 2.87. The zero-order chi connectivity index (χ0) is 18.6. The number of hydrogen-bond donors (Lipinski definition) is 1. The molecule has 1 saturated heterocycles. The molecule has 0 bridgehead atoms. The molecule has 0 aliphatic carbocycles. The van der Waals surface area contributed by atoms with E-state index in [0.29, 0.717) is 22.8 Å². The summed E-state index contributed by atoms with van der Waals surface area (Å²) in [7, 11) is 5.58. The summed E-state index contributed by atoms with van der Waals surface area (Å²) in [4.78, 5) is 36.2. The van der Waals surface area contributed by atoms with Gasteiger partial charge in [-0.15, -0.1) is 0 Å². The first kappa shape index (κ1) is 18.1. The van der Waals surface area contributed by atoms with Gasteiger partial charge in [-0.2, -0.15) is 0 Å². The molecule has 0 atom stereocenters. The highest BCUT2D eigenvalue weighted by molar-refractivity contribution is 6.15. The van der Waals surface area contributed by atoms with Gasteiger partial charge in [-0.25, -0.2) is 9.69 Å². The molecule has 9 nitrogen and oxygen atoms in total. The number of nitrogens with one attached hydrogen (secondary N) is 1. The Morgan fingerprint density at radius 3 is 2.16 bits per heavy atom. The number of urea groups is 1. The molecule has 1 aromatic carbocycles. The third kappa shape index (κ3) is 3.65. The molecule has 1 aliphatic heterocycles. The van der Waals surface area contributed by atoms with Crippen molar-refractivity contribution in [1.82, 2.24) is 10.2 Å². The normalized spacial score (nSPS) is 15.2. The van der Waals surface area contributed by atoms with Crippen molar-refractivity contribution in [2.75, 3.05) is 35.0 Å². The first-order valence-corrected chi connectivity index (χ1v) is 7.16. The first-order valence-electron chi connectivity index (χ1n) is 7.16. The van der Waals surface area contributed by atoms with E-state index in [9.17, 15) is 14.4 Å². The SMILES string of the molecule is COC(=O)CN1C(=O)NC(=Cc2cc(OC)c(OC)c(OC)c2)C1=O. The van der Waals surface area contributed by atoms with E-state index in [1.54, 1.807) is 12.1 Å². The van der Waals surface area contributed by atoms with E-state index in [1.165, 1.54) is 34.5 Å². The number of imide groups is 1. The average molecular weight is 350 g/mol. The van der Waals surface area contributed by atoms with Crippen molar-refractivity contribution < 1.29 is 33.3 Å². The van der Waals surface area contributed by atoms with E-state index in [0.717, 1.165) is 4.90 Å². The van der Waals surface area contributed by atoms with E-state index in [2.05, 4.69) is 10.1 Å². The number of benzene rings is 1. The van der Waals surface area contributed by atoms with E-state index in [4.69, 9.17) is 14.2 Å². The lowest BCUT2D eigenvalue weighted by Gasteiger charge is -2.13. The molecule has 9 heteroatoms. The van der Waals surface area contributed by atoms with Gasteiger partial charge in [-0.1, -0.05) is 0 Å². The summed E-state index contributed by atoms with van der Waals surface area (Å²) >= 11 is 0. The summed E-state index contributed by atoms with van der Waals surface area (Å²) < 4.78 is 20.2. The number of ether oxygens (including phenoxy) is 4. The van der Waals surface area contributed by atoms with Crippen LogP contribution in [0.25, 0.3) is 6.08 Å². The highest BCUT2D eigenvalue weighted by atomic mass is 16.5. The number of methoxy groups -OCH3 is 4. The lowest BCUT2D eigenvalue weighted by Crippen LogP contribution is -2.36. The van der Waals surface area contributed by atoms with Crippen molar-refractivity contribution in [3.63, 3.8) is 0 Å². The predicted molar refractivity (Wildman–Crippen MR) is 86.3 cm³/mol. The number of esters is 1. The second-order valence-electron chi connectivity index (χ2n) is 4.91. The molecular weight excluding hydrogens is 332 g/mol. The molecule has 0 unspecified atom stereocenters. The van der Waals surface area contributed by atoms with E-state index >= 15 is 0 Å². The van der Waals surface area contributed by atoms with Crippen molar-refractivity contribution in [2.45, 2.75) is 0 Å². The van der Waals surface area contributed by atoms with Crippen LogP contribution < -0.4 is 19.5 Å². The maximum atomic E-state index is 12.3. The third-order valence-electron chi connectivity index (χ3n) is 3.48. The van der Waals surface area contributed by atoms with Crippen LogP contribution in [0.15, 0.2) is 17.8 Å². The minimum atomic E-state index is -0.700. The summed E-state index contributed by atoms with van der Waals surface area (Å²) in [5, 5.41) is 2.41. The van der Waals surface area contributed by atoms with Gasteiger partial charge in [0.05, 0.1) is 28.4 Å². The van der Waals surface area contributed by atoms with Gasteiger partial charge in [0.2, 0.25) is 5.75 Å². The molecule has 25 heavy (non-hydrogen) atoms. The Labute approximate surface area is 144 Å². The summed E-state index contributed by atoms with van der Waals surface area (Å²) in [5.74, 6) is -0.128. The first-order chi connectivity index (χ1) is 11.9. The van der Waals surface area contributed by atoms with Gasteiger partial charge in [0.15, 0.2) is 11.5 Å². The topological polar surface area (TPSA) is 103 Å². The van der Waals surface area contributed by atoms with Crippen LogP contribution in [0.4, 0.5) is 4.79 Å². The monoisotopic (exact) mass is 350 g/mol. The standard InChI is InChI=1S/C16H18N2O7/c1-22-11-6-9(7-12(23-2)14(11)25-4)5-10-15(20)18(16(21)17-10)8-13(19)24-3/h5-7H,8H2,1-4H3,(H,17,21). The zero-order valence-electron chi connectivity index (χ0n) is 14.2. The molecule has 1 N–H and O–H groups in total. The molecule has 2 rings (SSSR count). The smallest absolute Gasteiger partial charge is 0.329 e. The number of hydrogen-bond acceptors (Lipinski definition) is 7. The highest BCUT2D eigenvalue weighted by Gasteiger charge is 2.35. The second-order valence-corrected chi connectivity index (χ2v) is 4.91. The molecule has 1 aromatic rings. The van der Waals surface area contributed by atoms with E-state index in [-0.39, 0.29) is 5.70 Å². The van der Waals surface area contributed by atoms with E-state index < -0.39 is 24.5 Å². The number of nitrogens with zero attached hydrogens (tertiary/aromatic N) is 1. The van der Waals surface area contributed by atoms with Crippen molar-refractivity contribution in [1.29, 1.82) is 0 Å². The highest BCUT2D eigenvalue weighted by Crippen LogP contribution is 2.38. The molecule has 0 spiro atoms. The number of amides is 3. The molecular formula is C16H18N2O7. The van der Waals surface area contributed by atoms with Gasteiger partial charge in [-0.05, 0) is 23.8 Å². The Hall–Kier alpha value is -3.23. The van der Waals surface area contributed by atoms with Crippen LogP contribution in [0.3, 0.4) is 0 Å². The van der Waals surface area contributed by atoms with Gasteiger partial charge in [-0.3, -0.25) is 9.59 Å². The molecule has 0 aromatic heterocycles. The van der Waals surface area contributed by atoms with Crippen LogP contribution in [0, 0.1) is 0 Å². The molecule has 3 amide bonds. The zero-order valence-corrected chi connectivity index (χ0v) is 14.2. The van der Waals surface area contributed by atoms with Crippen LogP contribution in [-0.2, 0) is 14.3 Å². The predicted octanol–water partition coefficient (Wildman–Crippen LogP) is 0.778. The van der Waals surface area contributed by atoms with Gasteiger partial charge >= 0.3 is 12.0 Å². The summed E-state index contributed by atoms with van der Waals surface area (Å²) in [6.45, 7) is -0.465. The van der Waals surface area contributed by atoms with Crippen LogP contribution in [0.5, 0.6) is 17.2 Å². The number of rotatable bonds is 6. The summed E-state index contributed by atoms with van der Waals surface area (Å²) in [6.07, 6.45) is 1.45. The van der Waals surface area contributed by atoms with Crippen molar-refractivity contribution in [3.8, 4) is 17.2 Å². The Morgan fingerprint density at radius 2 is 1.68 bits per heavy atom. The quantitative estimate of drug-likeness (QED) is 0.459. The van der Waals surface area contributed by atoms with Crippen molar-refractivity contribution >= 4 is 24.0 Å². The molecule has 1 aliphatic rings. The summed E-state index contributed by atoms with van der Waals surface area (Å²) in [6, 6.07) is 2.54. The van der Waals surface area contributed by atoms with Crippen LogP contribution in [0.1, 0.15) is 5.56 Å². The van der Waals surface area contributed by atoms with Gasteiger partial charge < -0.3 is 24.3 Å². The molecule has 0 saturated carbocycles. The Bertz CT molecular complexity index is 717. The third-order valence-corrected chi connectivity index (χ3v) is 3.48. The van der Waals surface area contributed by atoms with Crippen molar-refractivity contribution in [3.05, 3.63) is 23.4 Å². The second kappa shape index (κ2) is 7.56. The largest absolute Gasteiger partial charge is 0.493 e. The van der Waals surface area contributed by atoms with Gasteiger partial charge in [0.25, 0.3) is 5.91 Å². The Kier molecular flexibility index (Phi) is 5.48. The fraction of sp³-hybridized carbons (Fsp3) is 0.312. The minimum Gasteiger partial charge on any atom is -0.493 e. The Balaban J connectivity index is 2.36. The van der Waals surface area contributed by atoms with Gasteiger partial charge in [0, 0.05) is 0 Å². The molecule has 1 heterocycles. The van der Waals surface area contributed by atoms with Crippen LogP contribution in [0.2, 0.25) is 0 Å². The maximum Gasteiger partial charge on any atom is 0.329 e. The molecule has 0 radical (unpaired) electrons. The lowest BCUT2D eigenvalue weighted by molar-refractivity contribution is -0.143. The lowest BCUT2D eigenvalue weighted by atomic mass is 10.1. The maximum absolute atomic E-state index is 12.3. The number of carbonyl (C=O) groups excluding carboxylic acids is 3. The fourth-order valence-corrected chi connectivity index (χ4v) is 2.26. The fourth-order valence-electron chi connectivity index (χ4n) is 2.26. The van der Waals surface area contributed by atoms with Crippen molar-refractivity contribution in [2.24, 2.45) is 0 Å². The van der Waals surface area contributed by atoms with Crippen LogP contribution in [-0.4, -0.2) is 57.8 Å². The minimum absolute atomic E-state index is 0.0168. The summed E-state index contributed by atoms with van der Waals surface area (Å²) in [5.41, 5.74) is 0.557. The molecule has 134 valence electrons. The van der Waals surface area contributed by atoms with Crippen LogP contribution >= 0.6 is 0 Å². The number of carbonyl (C=O) groups is 3. The van der Waals surface area contributed by atoms with E-state index in [1.807, 2.05) is 0 Å². The molecule has 1 fully saturated rings.